The molecule has 2 heterocycles. The summed E-state index contributed by atoms with van der Waals surface area (Å²) in [5.74, 6) is 0.788. The summed E-state index contributed by atoms with van der Waals surface area (Å²) in [6.45, 7) is 6.90. The van der Waals surface area contributed by atoms with Crippen molar-refractivity contribution < 1.29 is 14.3 Å². The quantitative estimate of drug-likeness (QED) is 0.836. The van der Waals surface area contributed by atoms with Gasteiger partial charge in [-0.3, -0.25) is 9.69 Å². The molecule has 1 aliphatic heterocycles. The van der Waals surface area contributed by atoms with Crippen LogP contribution in [0.3, 0.4) is 0 Å². The van der Waals surface area contributed by atoms with Crippen molar-refractivity contribution in [3.8, 4) is 0 Å². The molecular weight excluding hydrogens is 268 g/mol. The lowest BCUT2D eigenvalue weighted by Gasteiger charge is -2.28. The number of furan rings is 1. The van der Waals surface area contributed by atoms with Gasteiger partial charge >= 0.3 is 0 Å². The largest absolute Gasteiger partial charge is 0.467 e. The Labute approximate surface area is 126 Å². The van der Waals surface area contributed by atoms with Crippen LogP contribution in [0.5, 0.6) is 0 Å². The molecule has 1 aromatic heterocycles. The van der Waals surface area contributed by atoms with Crippen LogP contribution in [0.25, 0.3) is 0 Å². The van der Waals surface area contributed by atoms with Crippen LogP contribution in [0.2, 0.25) is 0 Å². The molecule has 21 heavy (non-hydrogen) atoms. The van der Waals surface area contributed by atoms with E-state index in [0.29, 0.717) is 18.7 Å². The fourth-order valence-electron chi connectivity index (χ4n) is 3.08. The first-order chi connectivity index (χ1) is 10.2. The van der Waals surface area contributed by atoms with Gasteiger partial charge in [0.25, 0.3) is 0 Å². The van der Waals surface area contributed by atoms with Crippen molar-refractivity contribution in [2.75, 3.05) is 26.2 Å². The van der Waals surface area contributed by atoms with Crippen LogP contribution < -0.4 is 0 Å². The van der Waals surface area contributed by atoms with E-state index in [-0.39, 0.29) is 11.9 Å². The third-order valence-corrected chi connectivity index (χ3v) is 4.32. The normalized spacial score (nSPS) is 20.6. The van der Waals surface area contributed by atoms with Gasteiger partial charge in [-0.05, 0) is 51.8 Å². The summed E-state index contributed by atoms with van der Waals surface area (Å²) >= 11 is 0. The number of carbonyl (C=O) groups is 1. The van der Waals surface area contributed by atoms with Crippen molar-refractivity contribution in [2.45, 2.75) is 45.3 Å². The van der Waals surface area contributed by atoms with Crippen LogP contribution >= 0.6 is 0 Å². The number of likely N-dealkylation sites (N-methyl/N-ethyl adjacent to an activating group) is 1. The monoisotopic (exact) mass is 294 g/mol. The van der Waals surface area contributed by atoms with Gasteiger partial charge in [-0.2, -0.15) is 0 Å². The second-order valence-electron chi connectivity index (χ2n) is 5.60. The van der Waals surface area contributed by atoms with E-state index < -0.39 is 6.10 Å². The van der Waals surface area contributed by atoms with E-state index in [4.69, 9.17) is 4.42 Å². The van der Waals surface area contributed by atoms with Gasteiger partial charge in [0, 0.05) is 19.1 Å². The second kappa shape index (κ2) is 7.61. The Morgan fingerprint density at radius 2 is 2.29 bits per heavy atom. The highest BCUT2D eigenvalue weighted by atomic mass is 16.4. The number of likely N-dealkylation sites (tertiary alicyclic amines) is 1. The maximum absolute atomic E-state index is 12.2. The number of carbonyl (C=O) groups excluding carboxylic acids is 1. The summed E-state index contributed by atoms with van der Waals surface area (Å²) in [6, 6.07) is 3.84. The number of aliphatic hydroxyl groups is 1. The van der Waals surface area contributed by atoms with Crippen LogP contribution in [0.1, 0.15) is 45.0 Å². The first-order valence-electron chi connectivity index (χ1n) is 7.89. The number of aliphatic hydroxyl groups excluding tert-OH is 1. The Kier molecular flexibility index (Phi) is 5.82. The molecule has 2 atom stereocenters. The predicted molar refractivity (Wildman–Crippen MR) is 80.8 cm³/mol. The zero-order valence-electron chi connectivity index (χ0n) is 13.0. The van der Waals surface area contributed by atoms with Gasteiger partial charge in [0.15, 0.2) is 0 Å². The Morgan fingerprint density at radius 3 is 2.90 bits per heavy atom. The molecule has 2 rings (SSSR count). The second-order valence-corrected chi connectivity index (χ2v) is 5.60. The van der Waals surface area contributed by atoms with E-state index in [9.17, 15) is 9.90 Å². The average Bonchev–Trinajstić information content (AvgIpc) is 3.12. The van der Waals surface area contributed by atoms with E-state index in [1.807, 2.05) is 18.7 Å². The molecule has 5 nitrogen and oxygen atoms in total. The van der Waals surface area contributed by atoms with Gasteiger partial charge in [-0.1, -0.05) is 0 Å². The number of hydrogen-bond acceptors (Lipinski definition) is 4. The molecule has 1 aliphatic rings. The minimum absolute atomic E-state index is 0.180. The smallest absolute Gasteiger partial charge is 0.236 e. The molecule has 1 fully saturated rings. The van der Waals surface area contributed by atoms with E-state index in [2.05, 4.69) is 4.90 Å². The SMILES string of the molecule is CCN(CC)C(=O)CN1CCCC1CC(O)c1ccco1. The molecule has 2 unspecified atom stereocenters. The van der Waals surface area contributed by atoms with Crippen molar-refractivity contribution in [1.82, 2.24) is 9.80 Å². The summed E-state index contributed by atoms with van der Waals surface area (Å²) in [5.41, 5.74) is 0. The predicted octanol–water partition coefficient (Wildman–Crippen LogP) is 2.04. The van der Waals surface area contributed by atoms with Crippen molar-refractivity contribution >= 4 is 5.91 Å². The zero-order chi connectivity index (χ0) is 15.2. The zero-order valence-corrected chi connectivity index (χ0v) is 13.0. The highest BCUT2D eigenvalue weighted by Crippen LogP contribution is 2.27. The molecule has 1 N–H and O–H groups in total. The van der Waals surface area contributed by atoms with E-state index in [1.165, 1.54) is 0 Å². The highest BCUT2D eigenvalue weighted by molar-refractivity contribution is 5.78. The molecular formula is C16H26N2O3. The van der Waals surface area contributed by atoms with E-state index >= 15 is 0 Å². The Bertz CT molecular complexity index is 429. The Morgan fingerprint density at radius 1 is 1.52 bits per heavy atom. The van der Waals surface area contributed by atoms with Gasteiger partial charge in [0.2, 0.25) is 5.91 Å². The third-order valence-electron chi connectivity index (χ3n) is 4.32. The molecule has 0 aliphatic carbocycles. The van der Waals surface area contributed by atoms with Gasteiger partial charge in [-0.25, -0.2) is 0 Å². The van der Waals surface area contributed by atoms with Gasteiger partial charge in [0.05, 0.1) is 12.8 Å². The number of nitrogens with zero attached hydrogens (tertiary/aromatic N) is 2. The van der Waals surface area contributed by atoms with Crippen molar-refractivity contribution in [3.05, 3.63) is 24.2 Å². The van der Waals surface area contributed by atoms with Crippen LogP contribution in [-0.2, 0) is 4.79 Å². The Hall–Kier alpha value is -1.33. The molecule has 0 radical (unpaired) electrons. The first kappa shape index (κ1) is 16.0. The third kappa shape index (κ3) is 4.08. The van der Waals surface area contributed by atoms with Crippen LogP contribution in [0.4, 0.5) is 0 Å². The lowest BCUT2D eigenvalue weighted by Crippen LogP contribution is -2.42. The molecule has 0 bridgehead atoms. The standard InChI is InChI=1S/C16H26N2O3/c1-3-17(4-2)16(20)12-18-9-5-7-13(18)11-14(19)15-8-6-10-21-15/h6,8,10,13-14,19H,3-5,7,9,11-12H2,1-2H3. The summed E-state index contributed by atoms with van der Waals surface area (Å²) in [4.78, 5) is 16.3. The molecule has 1 amide bonds. The summed E-state index contributed by atoms with van der Waals surface area (Å²) in [5, 5.41) is 10.2. The maximum atomic E-state index is 12.2. The summed E-state index contributed by atoms with van der Waals surface area (Å²) < 4.78 is 5.25. The van der Waals surface area contributed by atoms with Gasteiger partial charge in [0.1, 0.15) is 11.9 Å². The molecule has 118 valence electrons. The minimum Gasteiger partial charge on any atom is -0.467 e. The summed E-state index contributed by atoms with van der Waals surface area (Å²) in [6.07, 6.45) is 3.73. The van der Waals surface area contributed by atoms with E-state index in [1.54, 1.807) is 18.4 Å². The lowest BCUT2D eigenvalue weighted by atomic mass is 10.1. The molecule has 0 aromatic carbocycles. The van der Waals surface area contributed by atoms with Crippen LogP contribution in [0, 0.1) is 0 Å². The average molecular weight is 294 g/mol. The van der Waals surface area contributed by atoms with Gasteiger partial charge < -0.3 is 14.4 Å². The summed E-state index contributed by atoms with van der Waals surface area (Å²) in [7, 11) is 0. The molecule has 0 spiro atoms. The fourth-order valence-corrected chi connectivity index (χ4v) is 3.08. The Balaban J connectivity index is 1.89. The molecule has 0 saturated carbocycles. The van der Waals surface area contributed by atoms with Crippen molar-refractivity contribution in [2.24, 2.45) is 0 Å². The topological polar surface area (TPSA) is 56.9 Å². The van der Waals surface area contributed by atoms with Crippen LogP contribution in [0.15, 0.2) is 22.8 Å². The van der Waals surface area contributed by atoms with E-state index in [0.717, 1.165) is 32.5 Å². The number of amides is 1. The van der Waals surface area contributed by atoms with Gasteiger partial charge in [-0.15, -0.1) is 0 Å². The van der Waals surface area contributed by atoms with Crippen molar-refractivity contribution in [1.29, 1.82) is 0 Å². The lowest BCUT2D eigenvalue weighted by molar-refractivity contribution is -0.132. The number of rotatable bonds is 7. The minimum atomic E-state index is -0.589. The first-order valence-corrected chi connectivity index (χ1v) is 7.89. The van der Waals surface area contributed by atoms with Crippen molar-refractivity contribution in [3.63, 3.8) is 0 Å². The number of hydrogen-bond donors (Lipinski definition) is 1. The molecule has 5 heteroatoms. The fraction of sp³-hybridized carbons (Fsp3) is 0.688. The van der Waals surface area contributed by atoms with Crippen LogP contribution in [-0.4, -0.2) is 53.0 Å². The highest BCUT2D eigenvalue weighted by Gasteiger charge is 2.29. The molecule has 1 saturated heterocycles. The molecule has 1 aromatic rings. The maximum Gasteiger partial charge on any atom is 0.236 e.